The van der Waals surface area contributed by atoms with Gasteiger partial charge in [0.2, 0.25) is 5.91 Å². The van der Waals surface area contributed by atoms with Gasteiger partial charge in [0.1, 0.15) is 16.6 Å². The number of rotatable bonds is 22. The molecule has 0 aliphatic heterocycles. The van der Waals surface area contributed by atoms with Gasteiger partial charge in [0.15, 0.2) is 11.5 Å². The van der Waals surface area contributed by atoms with E-state index >= 15 is 0 Å². The summed E-state index contributed by atoms with van der Waals surface area (Å²) in [5.41, 5.74) is -2.76. The van der Waals surface area contributed by atoms with E-state index in [0.29, 0.717) is 36.8 Å². The van der Waals surface area contributed by atoms with Gasteiger partial charge in [-0.05, 0) is 106 Å². The lowest BCUT2D eigenvalue weighted by Crippen LogP contribution is -2.48. The number of pyridine rings is 1. The van der Waals surface area contributed by atoms with Gasteiger partial charge in [-0.1, -0.05) is 97.2 Å². The van der Waals surface area contributed by atoms with Crippen LogP contribution in [0.5, 0.6) is 0 Å². The number of allylic oxidation sites excluding steroid dienone is 7. The third kappa shape index (κ3) is 19.4. The Hall–Kier alpha value is -4.05. The average Bonchev–Trinajstić information content (AvgIpc) is 3.79. The molecule has 1 amide bonds. The molecule has 0 aromatic carbocycles. The van der Waals surface area contributed by atoms with Crippen LogP contribution in [-0.2, 0) is 33.3 Å². The first-order chi connectivity index (χ1) is 30.2. The Balaban J connectivity index is 0.000000734. The molecule has 65 heavy (non-hydrogen) atoms. The van der Waals surface area contributed by atoms with Crippen molar-refractivity contribution in [1.29, 1.82) is 0 Å². The Morgan fingerprint density at radius 1 is 0.985 bits per heavy atom. The number of hydrogen-bond donors (Lipinski definition) is 2. The minimum Gasteiger partial charge on any atom is -0.349 e. The summed E-state index contributed by atoms with van der Waals surface area (Å²) in [6.45, 7) is 15.2. The Morgan fingerprint density at radius 2 is 1.63 bits per heavy atom. The van der Waals surface area contributed by atoms with E-state index < -0.39 is 59.0 Å². The van der Waals surface area contributed by atoms with E-state index in [1.54, 1.807) is 32.9 Å². The third-order valence-electron chi connectivity index (χ3n) is 10.3. The van der Waals surface area contributed by atoms with E-state index in [2.05, 4.69) is 15.4 Å². The zero-order valence-electron chi connectivity index (χ0n) is 38.9. The summed E-state index contributed by atoms with van der Waals surface area (Å²) >= 11 is 11.4. The van der Waals surface area contributed by atoms with Gasteiger partial charge >= 0.3 is 18.9 Å². The smallest absolute Gasteiger partial charge is 0.349 e. The molecule has 0 radical (unpaired) electrons. The van der Waals surface area contributed by atoms with Crippen molar-refractivity contribution in [1.82, 2.24) is 25.4 Å². The lowest BCUT2D eigenvalue weighted by atomic mass is 9.89. The Morgan fingerprint density at radius 3 is 2.15 bits per heavy atom. The summed E-state index contributed by atoms with van der Waals surface area (Å²) < 4.78 is 107. The van der Waals surface area contributed by atoms with Crippen molar-refractivity contribution in [2.45, 2.75) is 158 Å². The molecule has 18 heteroatoms. The van der Waals surface area contributed by atoms with Crippen LogP contribution >= 0.6 is 23.2 Å². The van der Waals surface area contributed by atoms with Crippen molar-refractivity contribution in [2.24, 2.45) is 17.3 Å². The molecule has 2 aromatic rings. The minimum absolute atomic E-state index is 0.0104. The highest BCUT2D eigenvalue weighted by Gasteiger charge is 2.60. The number of aromatic nitrogens is 3. The highest BCUT2D eigenvalue weighted by atomic mass is 35.5. The van der Waals surface area contributed by atoms with Crippen LogP contribution in [0.15, 0.2) is 60.4 Å². The fourth-order valence-electron chi connectivity index (χ4n) is 6.87. The highest BCUT2D eigenvalue weighted by molar-refractivity contribution is 6.29. The summed E-state index contributed by atoms with van der Waals surface area (Å²) in [7, 11) is 0. The maximum atomic E-state index is 13.7. The fraction of sp³-hybridized carbons (Fsp3) is 0.596. The van der Waals surface area contributed by atoms with Crippen molar-refractivity contribution in [3.05, 3.63) is 88.2 Å². The summed E-state index contributed by atoms with van der Waals surface area (Å²) in [4.78, 5) is 40.5. The van der Waals surface area contributed by atoms with Crippen LogP contribution < -0.4 is 10.6 Å². The topological polar surface area (TPSA) is 106 Å². The summed E-state index contributed by atoms with van der Waals surface area (Å²) in [5.74, 6) is -1.50. The van der Waals surface area contributed by atoms with Gasteiger partial charge in [0.25, 0.3) is 0 Å². The number of ketones is 2. The number of carbonyl (C=O) groups is 3. The molecule has 4 atom stereocenters. The molecule has 1 fully saturated rings. The Bertz CT molecular complexity index is 1970. The van der Waals surface area contributed by atoms with E-state index in [-0.39, 0.29) is 52.7 Å². The normalized spacial score (nSPS) is 17.9. The third-order valence-corrected chi connectivity index (χ3v) is 10.7. The average molecular weight is 971 g/mol. The molecular weight excluding hydrogens is 905 g/mol. The van der Waals surface area contributed by atoms with Gasteiger partial charge in [0, 0.05) is 29.8 Å². The second kappa shape index (κ2) is 26.9. The van der Waals surface area contributed by atoms with Crippen molar-refractivity contribution < 1.29 is 49.5 Å². The summed E-state index contributed by atoms with van der Waals surface area (Å²) in [5, 5.41) is 8.42. The number of halogens is 10. The molecule has 1 aliphatic rings. The number of nitrogens with zero attached hydrogens (tertiary/aromatic N) is 3. The van der Waals surface area contributed by atoms with Crippen LogP contribution in [0.3, 0.4) is 0 Å². The molecule has 2 N–H and O–H groups in total. The quantitative estimate of drug-likeness (QED) is 0.0304. The first-order valence-corrected chi connectivity index (χ1v) is 22.8. The molecule has 2 aromatic heterocycles. The second-order valence-electron chi connectivity index (χ2n) is 16.5. The number of nitrogens with one attached hydrogen (secondary N) is 2. The van der Waals surface area contributed by atoms with Crippen LogP contribution in [0.2, 0.25) is 5.15 Å². The van der Waals surface area contributed by atoms with Gasteiger partial charge in [0.05, 0.1) is 17.8 Å². The Kier molecular flexibility index (Phi) is 24.4. The number of amides is 1. The molecular formula is C47H65Cl2F8N5O3. The molecule has 0 bridgehead atoms. The Labute approximate surface area is 388 Å². The number of hydrogen-bond acceptors (Lipinski definition) is 6. The van der Waals surface area contributed by atoms with Crippen molar-refractivity contribution in [3.63, 3.8) is 0 Å². The first kappa shape index (κ1) is 59.0. The van der Waals surface area contributed by atoms with Gasteiger partial charge in [-0.2, -0.15) is 40.2 Å². The van der Waals surface area contributed by atoms with E-state index in [9.17, 15) is 49.5 Å². The van der Waals surface area contributed by atoms with Crippen LogP contribution in [-0.4, -0.2) is 50.2 Å². The zero-order chi connectivity index (χ0) is 49.9. The summed E-state index contributed by atoms with van der Waals surface area (Å²) in [6.07, 6.45) is 4.31. The number of carbonyl (C=O) groups excluding carboxylic acids is 3. The maximum Gasteiger partial charge on any atom is 0.435 e. The number of alkyl halides is 9. The van der Waals surface area contributed by atoms with Gasteiger partial charge in [-0.3, -0.25) is 19.1 Å². The first-order valence-electron chi connectivity index (χ1n) is 21.9. The fourth-order valence-corrected chi connectivity index (χ4v) is 7.35. The predicted octanol–water partition coefficient (Wildman–Crippen LogP) is 13.7. The van der Waals surface area contributed by atoms with Crippen LogP contribution in [0.4, 0.5) is 35.1 Å². The van der Waals surface area contributed by atoms with E-state index in [1.807, 2.05) is 52.9 Å². The molecule has 366 valence electrons. The van der Waals surface area contributed by atoms with Crippen molar-refractivity contribution in [2.75, 3.05) is 5.88 Å². The molecule has 4 unspecified atom stereocenters. The monoisotopic (exact) mass is 969 g/mol. The van der Waals surface area contributed by atoms with E-state index in [4.69, 9.17) is 23.2 Å². The van der Waals surface area contributed by atoms with Crippen LogP contribution in [0.1, 0.15) is 149 Å². The zero-order valence-corrected chi connectivity index (χ0v) is 40.4. The lowest BCUT2D eigenvalue weighted by molar-refractivity contribution is -0.142. The molecule has 8 nitrogen and oxygen atoms in total. The predicted molar refractivity (Wildman–Crippen MR) is 242 cm³/mol. The van der Waals surface area contributed by atoms with Gasteiger partial charge < -0.3 is 10.6 Å². The second-order valence-corrected chi connectivity index (χ2v) is 17.2. The molecule has 2 heterocycles. The molecule has 0 spiro atoms. The van der Waals surface area contributed by atoms with Gasteiger partial charge in [-0.15, -0.1) is 11.6 Å². The van der Waals surface area contributed by atoms with E-state index in [0.717, 1.165) is 25.3 Å². The van der Waals surface area contributed by atoms with Gasteiger partial charge in [-0.25, -0.2) is 4.98 Å². The van der Waals surface area contributed by atoms with E-state index in [1.165, 1.54) is 42.1 Å². The number of unbranched alkanes of at least 4 members (excludes halogenated alkanes) is 1. The SMILES string of the molecule is CC.CCC/C=C\C(=C/NC(F)F)CC(C)C(=O)NC(C)(C)Cn1nc(C(F)(F)F)cc1C(/C=C\C(C)=O)=C/C(C)CC.CCCC(=O)C1(CCCl)CC1c1ccc(Cl)nc1C(F)(F)F. The van der Waals surface area contributed by atoms with Crippen LogP contribution in [0, 0.1) is 17.3 Å². The molecule has 1 aliphatic carbocycles. The standard InChI is InChI=1S/C30H43F5N4O2.C15H16Cl2F3NO.C2H6/c1-8-10-11-12-23(18-36-28(31)32)16-21(4)27(41)37-29(6,7)19-39-25(17-26(38-39)30(33,34)35)24(14-13-22(5)40)15-20(3)9-2;1-2-3-11(22)14(6-7-16)8-10(14)9-4-5-12(17)21-13(9)15(18,19)20;1-2/h11-15,17-18,20-21,28,36H,8-10,16,19H2,1-7H3,(H,37,41);4-5,10H,2-3,6-8H2,1H3;1-2H3/b12-11-,14-13-,23-18+,24-15+;;. The summed E-state index contributed by atoms with van der Waals surface area (Å²) in [6, 6.07) is 3.60. The minimum atomic E-state index is -4.70. The maximum absolute atomic E-state index is 13.7. The molecule has 0 saturated heterocycles. The molecule has 3 rings (SSSR count). The van der Waals surface area contributed by atoms with Crippen LogP contribution in [0.25, 0.3) is 5.57 Å². The lowest BCUT2D eigenvalue weighted by Gasteiger charge is -2.29. The largest absolute Gasteiger partial charge is 0.435 e. The number of Topliss-reactive ketones (excluding diaryl/α,β-unsaturated/α-hetero) is 1. The molecule has 1 saturated carbocycles. The van der Waals surface area contributed by atoms with Crippen molar-refractivity contribution >= 4 is 46.2 Å². The van der Waals surface area contributed by atoms with Crippen molar-refractivity contribution in [3.8, 4) is 0 Å². The highest BCUT2D eigenvalue weighted by Crippen LogP contribution is 2.64.